The summed E-state index contributed by atoms with van der Waals surface area (Å²) in [6.45, 7) is 0.123. The highest BCUT2D eigenvalue weighted by atomic mass is 16.5. The zero-order valence-electron chi connectivity index (χ0n) is 13.9. The van der Waals surface area contributed by atoms with Crippen LogP contribution in [0.2, 0.25) is 0 Å². The number of carbonyl (C=O) groups excluding carboxylic acids is 2. The number of carbonyl (C=O) groups is 2. The van der Waals surface area contributed by atoms with Crippen LogP contribution in [0.4, 0.5) is 0 Å². The van der Waals surface area contributed by atoms with Crippen LogP contribution in [0.25, 0.3) is 0 Å². The molecule has 1 aromatic heterocycles. The summed E-state index contributed by atoms with van der Waals surface area (Å²) in [6, 6.07) is 7.07. The summed E-state index contributed by atoms with van der Waals surface area (Å²) < 4.78 is 15.7. The minimum atomic E-state index is -0.930. The summed E-state index contributed by atoms with van der Waals surface area (Å²) in [6.07, 6.45) is 4.37. The van der Waals surface area contributed by atoms with E-state index in [2.05, 4.69) is 20.4 Å². The van der Waals surface area contributed by atoms with Crippen LogP contribution >= 0.6 is 0 Å². The highest BCUT2D eigenvalue weighted by Gasteiger charge is 2.24. The van der Waals surface area contributed by atoms with Crippen LogP contribution in [0.3, 0.4) is 0 Å². The van der Waals surface area contributed by atoms with Crippen LogP contribution in [0.1, 0.15) is 11.7 Å². The first kappa shape index (κ1) is 17.3. The minimum absolute atomic E-state index is 0.00963. The Morgan fingerprint density at radius 1 is 1.27 bits per heavy atom. The summed E-state index contributed by atoms with van der Waals surface area (Å²) in [5.74, 6) is -0.00602. The predicted molar refractivity (Wildman–Crippen MR) is 89.6 cm³/mol. The van der Waals surface area contributed by atoms with E-state index in [0.717, 1.165) is 5.75 Å². The fourth-order valence-electron chi connectivity index (χ4n) is 2.15. The van der Waals surface area contributed by atoms with Gasteiger partial charge in [0.25, 0.3) is 5.91 Å². The van der Waals surface area contributed by atoms with Crippen molar-refractivity contribution in [2.45, 2.75) is 13.2 Å². The largest absolute Gasteiger partial charge is 0.497 e. The number of hydrogen-bond donors (Lipinski definition) is 1. The molecule has 1 atom stereocenters. The van der Waals surface area contributed by atoms with E-state index in [1.54, 1.807) is 37.5 Å². The number of rotatable bonds is 7. The number of dihydropyridines is 1. The number of ether oxygens (including phenoxy) is 2. The monoisotopic (exact) mass is 356 g/mol. The van der Waals surface area contributed by atoms with Crippen molar-refractivity contribution in [1.29, 1.82) is 0 Å². The van der Waals surface area contributed by atoms with Gasteiger partial charge in [-0.1, -0.05) is 11.2 Å². The summed E-state index contributed by atoms with van der Waals surface area (Å²) in [7, 11) is 1.59. The summed E-state index contributed by atoms with van der Waals surface area (Å²) in [5.41, 5.74) is 0. The maximum atomic E-state index is 12.0. The van der Waals surface area contributed by atoms with Crippen molar-refractivity contribution in [2.75, 3.05) is 7.11 Å². The molecular formula is C17H16N4O5. The Kier molecular flexibility index (Phi) is 5.37. The Labute approximate surface area is 148 Å². The molecule has 0 aliphatic carbocycles. The van der Waals surface area contributed by atoms with Crippen molar-refractivity contribution in [3.8, 4) is 11.5 Å². The third-order valence-corrected chi connectivity index (χ3v) is 3.49. The van der Waals surface area contributed by atoms with Gasteiger partial charge in [0, 0.05) is 6.21 Å². The number of benzene rings is 1. The molecule has 2 aromatic rings. The van der Waals surface area contributed by atoms with E-state index in [1.807, 2.05) is 0 Å². The molecule has 1 aliphatic rings. The molecule has 2 amide bonds. The lowest BCUT2D eigenvalue weighted by Crippen LogP contribution is -2.34. The first-order chi connectivity index (χ1) is 12.7. The van der Waals surface area contributed by atoms with Crippen molar-refractivity contribution >= 4 is 18.0 Å². The van der Waals surface area contributed by atoms with E-state index >= 15 is 0 Å². The van der Waals surface area contributed by atoms with Crippen LogP contribution in [0, 0.1) is 5.92 Å². The third kappa shape index (κ3) is 4.32. The second-order valence-electron chi connectivity index (χ2n) is 5.27. The van der Waals surface area contributed by atoms with Crippen molar-refractivity contribution in [3.05, 3.63) is 48.1 Å². The summed E-state index contributed by atoms with van der Waals surface area (Å²) in [4.78, 5) is 31.2. The van der Waals surface area contributed by atoms with E-state index in [0.29, 0.717) is 11.6 Å². The second kappa shape index (κ2) is 8.06. The van der Waals surface area contributed by atoms with Gasteiger partial charge in [0.2, 0.25) is 17.6 Å². The topological polar surface area (TPSA) is 116 Å². The molecule has 2 heterocycles. The van der Waals surface area contributed by atoms with Crippen molar-refractivity contribution in [2.24, 2.45) is 10.9 Å². The van der Waals surface area contributed by atoms with E-state index in [4.69, 9.17) is 14.0 Å². The first-order valence-corrected chi connectivity index (χ1v) is 7.76. The van der Waals surface area contributed by atoms with E-state index in [1.165, 1.54) is 12.3 Å². The average Bonchev–Trinajstić information content (AvgIpc) is 3.13. The number of aromatic nitrogens is 2. The normalized spacial score (nSPS) is 15.7. The van der Waals surface area contributed by atoms with Gasteiger partial charge < -0.3 is 19.3 Å². The lowest BCUT2D eigenvalue weighted by atomic mass is 10.1. The Balaban J connectivity index is 1.48. The smallest absolute Gasteiger partial charge is 0.262 e. The van der Waals surface area contributed by atoms with Gasteiger partial charge >= 0.3 is 0 Å². The molecule has 9 heteroatoms. The Bertz CT molecular complexity index is 841. The Morgan fingerprint density at radius 2 is 2.04 bits per heavy atom. The van der Waals surface area contributed by atoms with Gasteiger partial charge in [0.15, 0.2) is 6.61 Å². The molecule has 1 N–H and O–H groups in total. The molecule has 0 radical (unpaired) electrons. The van der Waals surface area contributed by atoms with Crippen LogP contribution in [0.15, 0.2) is 45.9 Å². The molecule has 1 aliphatic heterocycles. The van der Waals surface area contributed by atoms with Crippen LogP contribution in [0.5, 0.6) is 11.5 Å². The van der Waals surface area contributed by atoms with Gasteiger partial charge in [-0.2, -0.15) is 4.98 Å². The lowest BCUT2D eigenvalue weighted by molar-refractivity contribution is -0.131. The SMILES string of the molecule is COc1ccc(OCc2noc(CNC(=O)C3C=CC=NC3=O)n2)cc1. The zero-order valence-corrected chi connectivity index (χ0v) is 13.9. The fourth-order valence-corrected chi connectivity index (χ4v) is 2.15. The molecule has 9 nitrogen and oxygen atoms in total. The van der Waals surface area contributed by atoms with E-state index in [9.17, 15) is 9.59 Å². The van der Waals surface area contributed by atoms with Gasteiger partial charge in [-0.3, -0.25) is 9.59 Å². The molecule has 0 spiro atoms. The van der Waals surface area contributed by atoms with Crippen LogP contribution < -0.4 is 14.8 Å². The minimum Gasteiger partial charge on any atom is -0.497 e. The molecule has 0 saturated heterocycles. The van der Waals surface area contributed by atoms with Crippen LogP contribution in [-0.4, -0.2) is 35.3 Å². The summed E-state index contributed by atoms with van der Waals surface area (Å²) in [5, 5.41) is 6.34. The van der Waals surface area contributed by atoms with Crippen molar-refractivity contribution in [1.82, 2.24) is 15.5 Å². The highest BCUT2D eigenvalue weighted by Crippen LogP contribution is 2.17. The number of amides is 2. The van der Waals surface area contributed by atoms with Crippen molar-refractivity contribution in [3.63, 3.8) is 0 Å². The molecule has 1 aromatic carbocycles. The number of allylic oxidation sites excluding steroid dienone is 1. The molecule has 3 rings (SSSR count). The number of nitrogens with one attached hydrogen (secondary N) is 1. The van der Waals surface area contributed by atoms with Gasteiger partial charge in [0.05, 0.1) is 13.7 Å². The number of nitrogens with zero attached hydrogens (tertiary/aromatic N) is 3. The maximum absolute atomic E-state index is 12.0. The van der Waals surface area contributed by atoms with E-state index < -0.39 is 17.7 Å². The first-order valence-electron chi connectivity index (χ1n) is 7.76. The molecule has 0 saturated carbocycles. The van der Waals surface area contributed by atoms with Crippen LogP contribution in [-0.2, 0) is 22.7 Å². The quantitative estimate of drug-likeness (QED) is 0.737. The van der Waals surface area contributed by atoms with Crippen molar-refractivity contribution < 1.29 is 23.6 Å². The molecular weight excluding hydrogens is 340 g/mol. The fraction of sp³-hybridized carbons (Fsp3) is 0.235. The molecule has 0 bridgehead atoms. The number of hydrogen-bond acceptors (Lipinski definition) is 7. The molecule has 1 unspecified atom stereocenters. The van der Waals surface area contributed by atoms with Gasteiger partial charge in [0.1, 0.15) is 17.4 Å². The standard InChI is InChI=1S/C17H16N4O5/c1-24-11-4-6-12(7-5-11)25-10-14-20-15(26-21-14)9-19-17(23)13-3-2-8-18-16(13)22/h2-8,13H,9-10H2,1H3,(H,19,23). The van der Waals surface area contributed by atoms with E-state index in [-0.39, 0.29) is 19.0 Å². The van der Waals surface area contributed by atoms with Gasteiger partial charge in [-0.15, -0.1) is 0 Å². The predicted octanol–water partition coefficient (Wildman–Crippen LogP) is 1.06. The van der Waals surface area contributed by atoms with Gasteiger partial charge in [-0.05, 0) is 30.3 Å². The second-order valence-corrected chi connectivity index (χ2v) is 5.27. The number of aliphatic imine (C=N–C) groups is 1. The summed E-state index contributed by atoms with van der Waals surface area (Å²) >= 11 is 0. The third-order valence-electron chi connectivity index (χ3n) is 3.49. The molecule has 0 fully saturated rings. The highest BCUT2D eigenvalue weighted by molar-refractivity contribution is 6.07. The lowest BCUT2D eigenvalue weighted by Gasteiger charge is -2.10. The molecule has 134 valence electrons. The zero-order chi connectivity index (χ0) is 18.4. The Hall–Kier alpha value is -3.49. The molecule has 26 heavy (non-hydrogen) atoms. The Morgan fingerprint density at radius 3 is 2.77 bits per heavy atom. The maximum Gasteiger partial charge on any atom is 0.262 e. The average molecular weight is 356 g/mol. The number of methoxy groups -OCH3 is 1. The van der Waals surface area contributed by atoms with Gasteiger partial charge in [-0.25, -0.2) is 4.99 Å².